The summed E-state index contributed by atoms with van der Waals surface area (Å²) in [5.41, 5.74) is 6.93. The second kappa shape index (κ2) is 6.39. The zero-order chi connectivity index (χ0) is 17.1. The Morgan fingerprint density at radius 1 is 1.23 bits per heavy atom. The Balaban J connectivity index is 3.33. The van der Waals surface area contributed by atoms with Gasteiger partial charge in [0.1, 0.15) is 4.90 Å². The predicted octanol–water partition coefficient (Wildman–Crippen LogP) is -0.157. The van der Waals surface area contributed by atoms with Crippen molar-refractivity contribution in [3.63, 3.8) is 0 Å². The molecule has 0 saturated heterocycles. The summed E-state index contributed by atoms with van der Waals surface area (Å²) in [6.45, 7) is 1.41. The topological polar surface area (TPSA) is 176 Å². The molecule has 0 saturated carbocycles. The molecule has 5 N–H and O–H groups in total. The van der Waals surface area contributed by atoms with Gasteiger partial charge >= 0.3 is 0 Å². The molecule has 0 unspecified atom stereocenters. The highest BCUT2D eigenvalue weighted by Gasteiger charge is 2.19. The summed E-state index contributed by atoms with van der Waals surface area (Å²) in [4.78, 5) is 9.43. The van der Waals surface area contributed by atoms with Crippen molar-refractivity contribution in [2.45, 2.75) is 23.1 Å². The van der Waals surface area contributed by atoms with Crippen LogP contribution in [0.4, 0.5) is 5.69 Å². The lowest BCUT2D eigenvalue weighted by molar-refractivity contribution is -0.116. The van der Waals surface area contributed by atoms with Crippen LogP contribution in [-0.2, 0) is 25.0 Å². The molecule has 0 fully saturated rings. The molecular weight excluding hydrogens is 338 g/mol. The number of amides is 1. The Bertz CT molecular complexity index is 828. The van der Waals surface area contributed by atoms with E-state index in [0.717, 1.165) is 18.2 Å². The predicted molar refractivity (Wildman–Crippen MR) is 76.6 cm³/mol. The zero-order valence-corrected chi connectivity index (χ0v) is 12.8. The van der Waals surface area contributed by atoms with Crippen molar-refractivity contribution in [2.24, 2.45) is 10.8 Å². The van der Waals surface area contributed by atoms with E-state index in [0.29, 0.717) is 0 Å². The van der Waals surface area contributed by atoms with Crippen LogP contribution in [0.5, 0.6) is 0 Å². The SMILES string of the molecule is C/C(CC(N)=O)=N/Nc1cc(S(=O)(=O)O)ccc1S(=O)(=O)O. The van der Waals surface area contributed by atoms with Crippen molar-refractivity contribution < 1.29 is 30.7 Å². The minimum Gasteiger partial charge on any atom is -0.369 e. The second-order valence-electron chi connectivity index (χ2n) is 4.21. The molecule has 1 rings (SSSR count). The normalized spacial score (nSPS) is 13.0. The van der Waals surface area contributed by atoms with Crippen molar-refractivity contribution >= 4 is 37.5 Å². The van der Waals surface area contributed by atoms with Crippen LogP contribution in [0.1, 0.15) is 13.3 Å². The summed E-state index contributed by atoms with van der Waals surface area (Å²) in [6.07, 6.45) is -0.216. The van der Waals surface area contributed by atoms with Gasteiger partial charge in [0.05, 0.1) is 17.0 Å². The van der Waals surface area contributed by atoms with Crippen molar-refractivity contribution in [3.05, 3.63) is 18.2 Å². The molecule has 1 aromatic carbocycles. The van der Waals surface area contributed by atoms with Gasteiger partial charge in [-0.15, -0.1) is 0 Å². The highest BCUT2D eigenvalue weighted by atomic mass is 32.2. The van der Waals surface area contributed by atoms with Gasteiger partial charge in [0, 0.05) is 5.71 Å². The molecule has 0 aromatic heterocycles. The van der Waals surface area contributed by atoms with Crippen LogP contribution in [0.3, 0.4) is 0 Å². The number of hydrogen-bond donors (Lipinski definition) is 4. The first kappa shape index (κ1) is 18.0. The van der Waals surface area contributed by atoms with Crippen LogP contribution in [0.25, 0.3) is 0 Å². The molecule has 0 aliphatic carbocycles. The molecule has 0 radical (unpaired) electrons. The molecule has 1 aromatic rings. The standard InChI is InChI=1S/C10H13N3O7S2/c1-6(4-10(11)14)12-13-8-5-7(21(15,16)17)2-3-9(8)22(18,19)20/h2-3,5,13H,4H2,1H3,(H2,11,14)(H,15,16,17)(H,18,19,20)/b12-6-. The summed E-state index contributed by atoms with van der Waals surface area (Å²) in [5.74, 6) is -0.676. The summed E-state index contributed by atoms with van der Waals surface area (Å²) in [5, 5.41) is 3.65. The Hall–Kier alpha value is -2.02. The monoisotopic (exact) mass is 351 g/mol. The van der Waals surface area contributed by atoms with E-state index in [4.69, 9.17) is 14.8 Å². The number of nitrogens with two attached hydrogens (primary N) is 1. The Labute approximate surface area is 126 Å². The molecule has 0 aliphatic heterocycles. The van der Waals surface area contributed by atoms with Crippen LogP contribution in [0.15, 0.2) is 33.1 Å². The average Bonchev–Trinajstić information content (AvgIpc) is 2.33. The minimum absolute atomic E-state index is 0.186. The van der Waals surface area contributed by atoms with Crippen LogP contribution in [0.2, 0.25) is 0 Å². The smallest absolute Gasteiger partial charge is 0.296 e. The molecule has 0 bridgehead atoms. The third kappa shape index (κ3) is 5.07. The number of benzene rings is 1. The molecular formula is C10H13N3O7S2. The minimum atomic E-state index is -4.67. The molecule has 122 valence electrons. The fraction of sp³-hybridized carbons (Fsp3) is 0.200. The Kier molecular flexibility index (Phi) is 5.24. The number of anilines is 1. The highest BCUT2D eigenvalue weighted by molar-refractivity contribution is 7.86. The number of primary amides is 1. The first-order valence-corrected chi connectivity index (χ1v) is 8.46. The molecule has 12 heteroatoms. The number of carbonyl (C=O) groups is 1. The summed E-state index contributed by atoms with van der Waals surface area (Å²) < 4.78 is 62.5. The van der Waals surface area contributed by atoms with E-state index in [1.54, 1.807) is 0 Å². The van der Waals surface area contributed by atoms with Crippen LogP contribution < -0.4 is 11.2 Å². The number of rotatable bonds is 6. The van der Waals surface area contributed by atoms with Gasteiger partial charge in [0.2, 0.25) is 5.91 Å². The van der Waals surface area contributed by atoms with Crippen LogP contribution in [-0.4, -0.2) is 37.6 Å². The van der Waals surface area contributed by atoms with Crippen molar-refractivity contribution in [1.29, 1.82) is 0 Å². The fourth-order valence-corrected chi connectivity index (χ4v) is 2.56. The molecule has 10 nitrogen and oxygen atoms in total. The third-order valence-electron chi connectivity index (χ3n) is 2.32. The number of nitrogens with zero attached hydrogens (tertiary/aromatic N) is 1. The van der Waals surface area contributed by atoms with Gasteiger partial charge in [-0.05, 0) is 25.1 Å². The molecule has 0 atom stereocenters. The summed E-state index contributed by atoms with van der Waals surface area (Å²) in [6, 6.07) is 2.34. The lowest BCUT2D eigenvalue weighted by atomic mass is 10.3. The largest absolute Gasteiger partial charge is 0.369 e. The van der Waals surface area contributed by atoms with E-state index >= 15 is 0 Å². The van der Waals surface area contributed by atoms with Gasteiger partial charge in [-0.2, -0.15) is 21.9 Å². The molecule has 22 heavy (non-hydrogen) atoms. The first-order valence-electron chi connectivity index (χ1n) is 5.58. The van der Waals surface area contributed by atoms with Crippen molar-refractivity contribution in [3.8, 4) is 0 Å². The van der Waals surface area contributed by atoms with Gasteiger partial charge in [-0.1, -0.05) is 0 Å². The van der Waals surface area contributed by atoms with E-state index in [-0.39, 0.29) is 12.1 Å². The maximum Gasteiger partial charge on any atom is 0.296 e. The second-order valence-corrected chi connectivity index (χ2v) is 7.02. The molecule has 1 amide bonds. The summed E-state index contributed by atoms with van der Waals surface area (Å²) >= 11 is 0. The van der Waals surface area contributed by atoms with Gasteiger partial charge in [0.25, 0.3) is 20.2 Å². The van der Waals surface area contributed by atoms with E-state index in [9.17, 15) is 21.6 Å². The van der Waals surface area contributed by atoms with Gasteiger partial charge in [-0.25, -0.2) is 0 Å². The first-order chi connectivity index (χ1) is 9.91. The average molecular weight is 351 g/mol. The molecule has 0 spiro atoms. The lowest BCUT2D eigenvalue weighted by Crippen LogP contribution is -2.15. The van der Waals surface area contributed by atoms with Crippen molar-refractivity contribution in [2.75, 3.05) is 5.43 Å². The Morgan fingerprint density at radius 2 is 1.82 bits per heavy atom. The van der Waals surface area contributed by atoms with E-state index in [1.807, 2.05) is 0 Å². The van der Waals surface area contributed by atoms with Gasteiger partial charge < -0.3 is 5.73 Å². The van der Waals surface area contributed by atoms with E-state index in [1.165, 1.54) is 6.92 Å². The number of hydrogen-bond acceptors (Lipinski definition) is 7. The zero-order valence-electron chi connectivity index (χ0n) is 11.2. The van der Waals surface area contributed by atoms with Crippen molar-refractivity contribution in [1.82, 2.24) is 0 Å². The highest BCUT2D eigenvalue weighted by Crippen LogP contribution is 2.25. The quantitative estimate of drug-likeness (QED) is 0.310. The molecule has 0 heterocycles. The number of nitrogens with one attached hydrogen (secondary N) is 1. The van der Waals surface area contributed by atoms with Gasteiger partial charge in [-0.3, -0.25) is 19.3 Å². The van der Waals surface area contributed by atoms with E-state index in [2.05, 4.69) is 10.5 Å². The van der Waals surface area contributed by atoms with E-state index < -0.39 is 41.6 Å². The number of hydrazone groups is 1. The Morgan fingerprint density at radius 3 is 2.27 bits per heavy atom. The lowest BCUT2D eigenvalue weighted by Gasteiger charge is -2.09. The van der Waals surface area contributed by atoms with Crippen LogP contribution in [0, 0.1) is 0 Å². The maximum atomic E-state index is 11.2. The number of carbonyl (C=O) groups excluding carboxylic acids is 1. The third-order valence-corrected chi connectivity index (χ3v) is 4.09. The molecule has 0 aliphatic rings. The fourth-order valence-electron chi connectivity index (χ4n) is 1.43. The van der Waals surface area contributed by atoms with Gasteiger partial charge in [0.15, 0.2) is 0 Å². The summed E-state index contributed by atoms with van der Waals surface area (Å²) in [7, 11) is -9.25. The van der Waals surface area contributed by atoms with Crippen LogP contribution >= 0.6 is 0 Å². The maximum absolute atomic E-state index is 11.2.